The maximum Gasteiger partial charge on any atom is 0.271 e. The summed E-state index contributed by atoms with van der Waals surface area (Å²) in [6, 6.07) is 14.9. The van der Waals surface area contributed by atoms with Crippen LogP contribution in [0.3, 0.4) is 0 Å². The van der Waals surface area contributed by atoms with Crippen molar-refractivity contribution in [1.82, 2.24) is 19.8 Å². The van der Waals surface area contributed by atoms with E-state index in [2.05, 4.69) is 26.8 Å². The summed E-state index contributed by atoms with van der Waals surface area (Å²) in [5, 5.41) is 3.07. The van der Waals surface area contributed by atoms with Crippen LogP contribution in [-0.2, 0) is 25.9 Å². The zero-order valence-corrected chi connectivity index (χ0v) is 18.1. The zero-order chi connectivity index (χ0) is 22.1. The number of aromatic nitrogens is 2. The maximum absolute atomic E-state index is 13.1. The van der Waals surface area contributed by atoms with Crippen LogP contribution in [0.4, 0.5) is 4.39 Å². The van der Waals surface area contributed by atoms with E-state index < -0.39 is 0 Å². The largest absolute Gasteiger partial charge is 0.491 e. The first kappa shape index (κ1) is 20.7. The number of amides is 1. The Balaban J connectivity index is 1.21. The van der Waals surface area contributed by atoms with Gasteiger partial charge in [0.25, 0.3) is 5.91 Å². The summed E-state index contributed by atoms with van der Waals surface area (Å²) in [6.07, 6.45) is 4.46. The number of carbonyl (C=O) groups excluding carboxylic acids is 1. The van der Waals surface area contributed by atoms with Gasteiger partial charge in [-0.3, -0.25) is 9.69 Å². The molecule has 166 valence electrons. The average molecular weight is 435 g/mol. The van der Waals surface area contributed by atoms with Gasteiger partial charge >= 0.3 is 0 Å². The van der Waals surface area contributed by atoms with Crippen molar-refractivity contribution in [2.45, 2.75) is 44.4 Å². The Morgan fingerprint density at radius 3 is 2.88 bits per heavy atom. The Morgan fingerprint density at radius 1 is 1.22 bits per heavy atom. The molecule has 2 aliphatic heterocycles. The molecule has 1 amide bonds. The number of fused-ring (bicyclic) bond motifs is 2. The number of hydrogen-bond donors (Lipinski definition) is 1. The Labute approximate surface area is 187 Å². The van der Waals surface area contributed by atoms with Crippen LogP contribution in [0.5, 0.6) is 5.75 Å². The molecule has 3 aromatic rings. The van der Waals surface area contributed by atoms with Gasteiger partial charge in [0, 0.05) is 18.8 Å². The fourth-order valence-electron chi connectivity index (χ4n) is 4.54. The predicted octanol–water partition coefficient (Wildman–Crippen LogP) is 3.20. The van der Waals surface area contributed by atoms with Crippen LogP contribution in [0.2, 0.25) is 0 Å². The fraction of sp³-hybridized carbons (Fsp3) is 0.360. The first-order valence-corrected chi connectivity index (χ1v) is 11.1. The van der Waals surface area contributed by atoms with E-state index in [-0.39, 0.29) is 17.8 Å². The van der Waals surface area contributed by atoms with Crippen molar-refractivity contribution in [1.29, 1.82) is 0 Å². The van der Waals surface area contributed by atoms with Gasteiger partial charge in [-0.2, -0.15) is 0 Å². The first-order valence-electron chi connectivity index (χ1n) is 11.1. The lowest BCUT2D eigenvalue weighted by atomic mass is 10.0. The van der Waals surface area contributed by atoms with Gasteiger partial charge in [0.05, 0.1) is 12.6 Å². The number of halogens is 1. The molecule has 32 heavy (non-hydrogen) atoms. The monoisotopic (exact) mass is 434 g/mol. The minimum atomic E-state index is -0.207. The molecular formula is C25H27FN4O2. The molecule has 0 spiro atoms. The van der Waals surface area contributed by atoms with Crippen LogP contribution in [0.25, 0.3) is 0 Å². The van der Waals surface area contributed by atoms with E-state index in [1.54, 1.807) is 0 Å². The number of carbonyl (C=O) groups is 1. The van der Waals surface area contributed by atoms with E-state index in [9.17, 15) is 9.18 Å². The van der Waals surface area contributed by atoms with Crippen molar-refractivity contribution in [3.8, 4) is 5.75 Å². The number of hydrogen-bond acceptors (Lipinski definition) is 4. The lowest BCUT2D eigenvalue weighted by Gasteiger charge is -2.33. The highest BCUT2D eigenvalue weighted by Gasteiger charge is 2.27. The first-order chi connectivity index (χ1) is 15.5. The van der Waals surface area contributed by atoms with Crippen LogP contribution in [0.15, 0.2) is 54.7 Å². The molecule has 2 atom stereocenters. The summed E-state index contributed by atoms with van der Waals surface area (Å²) < 4.78 is 21.0. The molecule has 2 aliphatic rings. The third kappa shape index (κ3) is 4.39. The summed E-state index contributed by atoms with van der Waals surface area (Å²) >= 11 is 0. The molecule has 1 N–H and O–H groups in total. The second-order valence-corrected chi connectivity index (χ2v) is 8.72. The van der Waals surface area contributed by atoms with E-state index in [1.807, 2.05) is 42.6 Å². The van der Waals surface area contributed by atoms with Crippen LogP contribution < -0.4 is 10.1 Å². The molecule has 2 aromatic carbocycles. The predicted molar refractivity (Wildman–Crippen MR) is 119 cm³/mol. The molecule has 0 fully saturated rings. The molecule has 7 heteroatoms. The van der Waals surface area contributed by atoms with Crippen LogP contribution in [-0.4, -0.2) is 46.1 Å². The number of imidazole rings is 1. The van der Waals surface area contributed by atoms with E-state index in [1.165, 1.54) is 12.1 Å². The van der Waals surface area contributed by atoms with Gasteiger partial charge < -0.3 is 14.6 Å². The van der Waals surface area contributed by atoms with Crippen molar-refractivity contribution >= 4 is 5.91 Å². The third-order valence-corrected chi connectivity index (χ3v) is 6.41. The number of rotatable bonds is 5. The minimum absolute atomic E-state index is 0.0674. The molecule has 0 bridgehead atoms. The standard InChI is InChI=1S/C25H27FN4O2/c1-29-15-24-28-22(25(31)27-20-12-18-4-2-3-5-23(18)32-16-20)14-30(24)13-21(29)11-8-17-6-9-19(26)10-7-17/h2-7,9-10,14,20-21H,8,11-13,15-16H2,1H3,(H,27,31). The van der Waals surface area contributed by atoms with Crippen molar-refractivity contribution in [3.05, 3.63) is 83.2 Å². The van der Waals surface area contributed by atoms with Crippen LogP contribution in [0.1, 0.15) is 33.9 Å². The second-order valence-electron chi connectivity index (χ2n) is 8.72. The van der Waals surface area contributed by atoms with E-state index in [0.29, 0.717) is 24.9 Å². The average Bonchev–Trinajstić information content (AvgIpc) is 3.21. The van der Waals surface area contributed by atoms with Gasteiger partial charge in [-0.1, -0.05) is 30.3 Å². The maximum atomic E-state index is 13.1. The molecule has 3 heterocycles. The van der Waals surface area contributed by atoms with E-state index >= 15 is 0 Å². The summed E-state index contributed by atoms with van der Waals surface area (Å²) in [5.41, 5.74) is 2.69. The van der Waals surface area contributed by atoms with Crippen molar-refractivity contribution in [3.63, 3.8) is 0 Å². The van der Waals surface area contributed by atoms with Gasteiger partial charge in [0.1, 0.15) is 29.7 Å². The quantitative estimate of drug-likeness (QED) is 0.670. The lowest BCUT2D eigenvalue weighted by molar-refractivity contribution is 0.0910. The van der Waals surface area contributed by atoms with Gasteiger partial charge in [0.15, 0.2) is 0 Å². The van der Waals surface area contributed by atoms with Crippen LogP contribution >= 0.6 is 0 Å². The highest BCUT2D eigenvalue weighted by atomic mass is 19.1. The normalized spacial score (nSPS) is 20.2. The number of para-hydroxylation sites is 1. The van der Waals surface area contributed by atoms with Gasteiger partial charge in [-0.05, 0) is 55.6 Å². The molecule has 0 radical (unpaired) electrons. The highest BCUT2D eigenvalue weighted by Crippen LogP contribution is 2.24. The molecule has 6 nitrogen and oxygen atoms in total. The van der Waals surface area contributed by atoms with Gasteiger partial charge in [0.2, 0.25) is 0 Å². The summed E-state index contributed by atoms with van der Waals surface area (Å²) in [6.45, 7) is 1.94. The minimum Gasteiger partial charge on any atom is -0.491 e. The summed E-state index contributed by atoms with van der Waals surface area (Å²) in [7, 11) is 2.09. The molecule has 0 saturated heterocycles. The van der Waals surface area contributed by atoms with Crippen molar-refractivity contribution in [2.24, 2.45) is 0 Å². The Kier molecular flexibility index (Phi) is 5.66. The Hall–Kier alpha value is -3.19. The van der Waals surface area contributed by atoms with Crippen molar-refractivity contribution < 1.29 is 13.9 Å². The number of nitrogens with one attached hydrogen (secondary N) is 1. The molecule has 1 aromatic heterocycles. The molecule has 0 saturated carbocycles. The zero-order valence-electron chi connectivity index (χ0n) is 18.1. The Morgan fingerprint density at radius 2 is 2.03 bits per heavy atom. The molecular weight excluding hydrogens is 407 g/mol. The van der Waals surface area contributed by atoms with Crippen LogP contribution in [0, 0.1) is 5.82 Å². The Bertz CT molecular complexity index is 1110. The van der Waals surface area contributed by atoms with Crippen molar-refractivity contribution in [2.75, 3.05) is 13.7 Å². The SMILES string of the molecule is CN1Cc2nc(C(=O)NC3COc4ccccc4C3)cn2CC1CCc1ccc(F)cc1. The highest BCUT2D eigenvalue weighted by molar-refractivity contribution is 5.92. The van der Waals surface area contributed by atoms with Gasteiger partial charge in [-0.25, -0.2) is 9.37 Å². The van der Waals surface area contributed by atoms with E-state index in [0.717, 1.165) is 48.5 Å². The number of nitrogens with zero attached hydrogens (tertiary/aromatic N) is 3. The second kappa shape index (κ2) is 8.74. The smallest absolute Gasteiger partial charge is 0.271 e. The molecule has 2 unspecified atom stereocenters. The lowest BCUT2D eigenvalue weighted by Crippen LogP contribution is -2.42. The fourth-order valence-corrected chi connectivity index (χ4v) is 4.54. The summed E-state index contributed by atoms with van der Waals surface area (Å²) in [4.78, 5) is 19.7. The third-order valence-electron chi connectivity index (χ3n) is 6.41. The number of aryl methyl sites for hydroxylation is 1. The van der Waals surface area contributed by atoms with Gasteiger partial charge in [-0.15, -0.1) is 0 Å². The molecule has 0 aliphatic carbocycles. The number of benzene rings is 2. The number of likely N-dealkylation sites (N-methyl/N-ethyl adjacent to an activating group) is 1. The molecule has 5 rings (SSSR count). The summed E-state index contributed by atoms with van der Waals surface area (Å²) in [5.74, 6) is 1.43. The number of ether oxygens (including phenoxy) is 1. The van der Waals surface area contributed by atoms with E-state index in [4.69, 9.17) is 4.74 Å². The topological polar surface area (TPSA) is 59.4 Å².